The number of carbonyl (C=O) groups excluding carboxylic acids is 1. The van der Waals surface area contributed by atoms with Crippen molar-refractivity contribution in [1.82, 2.24) is 9.71 Å². The first kappa shape index (κ1) is 24.3. The van der Waals surface area contributed by atoms with E-state index in [9.17, 15) is 18.3 Å². The number of pyridine rings is 1. The Morgan fingerprint density at radius 2 is 1.79 bits per heavy atom. The van der Waals surface area contributed by atoms with E-state index in [0.717, 1.165) is 25.6 Å². The van der Waals surface area contributed by atoms with Gasteiger partial charge in [0.05, 0.1) is 16.7 Å². The average Bonchev–Trinajstić information content (AvgIpc) is 2.84. The fraction of sp³-hybridized carbons (Fsp3) is 0.120. The summed E-state index contributed by atoms with van der Waals surface area (Å²) in [5, 5.41) is 14.3. The van der Waals surface area contributed by atoms with E-state index in [1.165, 1.54) is 31.2 Å². The van der Waals surface area contributed by atoms with Gasteiger partial charge >= 0.3 is 0 Å². The summed E-state index contributed by atoms with van der Waals surface area (Å²) in [5.41, 5.74) is 2.65. The summed E-state index contributed by atoms with van der Waals surface area (Å²) in [6, 6.07) is 21.2. The summed E-state index contributed by atoms with van der Waals surface area (Å²) in [5.74, 6) is -0.362. The van der Waals surface area contributed by atoms with Crippen LogP contribution < -0.4 is 10.0 Å². The summed E-state index contributed by atoms with van der Waals surface area (Å²) in [4.78, 5) is 17.4. The molecular formula is C25H22IN3O4S. The highest BCUT2D eigenvalue weighted by Gasteiger charge is 2.16. The van der Waals surface area contributed by atoms with Gasteiger partial charge in [0.25, 0.3) is 5.91 Å². The molecule has 0 aliphatic rings. The normalized spacial score (nSPS) is 12.4. The maximum absolute atomic E-state index is 12.8. The fourth-order valence-corrected chi connectivity index (χ4v) is 5.13. The Kier molecular flexibility index (Phi) is 7.27. The summed E-state index contributed by atoms with van der Waals surface area (Å²) in [6.07, 6.45) is 0.965. The highest BCUT2D eigenvalue weighted by Crippen LogP contribution is 2.32. The first-order valence-corrected chi connectivity index (χ1v) is 13.0. The molecule has 0 fully saturated rings. The van der Waals surface area contributed by atoms with Crippen LogP contribution in [0, 0.1) is 3.57 Å². The van der Waals surface area contributed by atoms with E-state index in [4.69, 9.17) is 0 Å². The number of hydrogen-bond acceptors (Lipinski definition) is 5. The second-order valence-electron chi connectivity index (χ2n) is 7.75. The van der Waals surface area contributed by atoms with Gasteiger partial charge in [-0.15, -0.1) is 0 Å². The molecule has 7 nitrogen and oxygen atoms in total. The molecule has 0 aliphatic carbocycles. The Balaban J connectivity index is 1.56. The number of aromatic nitrogens is 1. The molecule has 0 saturated carbocycles. The molecule has 3 aromatic carbocycles. The van der Waals surface area contributed by atoms with E-state index in [0.29, 0.717) is 11.3 Å². The van der Waals surface area contributed by atoms with Crippen LogP contribution in [-0.2, 0) is 10.0 Å². The van der Waals surface area contributed by atoms with Crippen LogP contribution in [0.4, 0.5) is 5.69 Å². The van der Waals surface area contributed by atoms with Gasteiger partial charge in [0.1, 0.15) is 0 Å². The van der Waals surface area contributed by atoms with Gasteiger partial charge in [-0.05, 0) is 83.4 Å². The number of sulfonamides is 1. The summed E-state index contributed by atoms with van der Waals surface area (Å²) in [7, 11) is -3.77. The molecule has 0 bridgehead atoms. The van der Waals surface area contributed by atoms with Gasteiger partial charge in [-0.1, -0.05) is 24.3 Å². The molecule has 4 rings (SSSR count). The first-order valence-electron chi connectivity index (χ1n) is 10.5. The van der Waals surface area contributed by atoms with Crippen LogP contribution in [0.3, 0.4) is 0 Å². The van der Waals surface area contributed by atoms with Crippen molar-refractivity contribution in [2.75, 3.05) is 11.9 Å². The maximum atomic E-state index is 12.8. The minimum atomic E-state index is -3.77. The van der Waals surface area contributed by atoms with Crippen molar-refractivity contribution in [3.8, 4) is 11.3 Å². The molecule has 3 N–H and O–H groups in total. The van der Waals surface area contributed by atoms with E-state index in [1.54, 1.807) is 6.20 Å². The van der Waals surface area contributed by atoms with Crippen LogP contribution in [0.15, 0.2) is 83.9 Å². The monoisotopic (exact) mass is 587 g/mol. The van der Waals surface area contributed by atoms with Crippen molar-refractivity contribution in [3.05, 3.63) is 88.1 Å². The Morgan fingerprint density at radius 1 is 1.06 bits per heavy atom. The smallest absolute Gasteiger partial charge is 0.255 e. The van der Waals surface area contributed by atoms with Crippen LogP contribution in [0.2, 0.25) is 0 Å². The molecule has 9 heteroatoms. The maximum Gasteiger partial charge on any atom is 0.255 e. The van der Waals surface area contributed by atoms with Gasteiger partial charge in [0.2, 0.25) is 10.0 Å². The Labute approximate surface area is 211 Å². The fourth-order valence-electron chi connectivity index (χ4n) is 3.42. The van der Waals surface area contributed by atoms with Crippen molar-refractivity contribution < 1.29 is 18.3 Å². The largest absolute Gasteiger partial charge is 0.392 e. The van der Waals surface area contributed by atoms with Gasteiger partial charge < -0.3 is 10.4 Å². The molecule has 0 spiro atoms. The van der Waals surface area contributed by atoms with Crippen LogP contribution in [-0.4, -0.2) is 37.1 Å². The van der Waals surface area contributed by atoms with Gasteiger partial charge in [-0.25, -0.2) is 13.1 Å². The predicted molar refractivity (Wildman–Crippen MR) is 141 cm³/mol. The number of amides is 1. The number of nitrogens with one attached hydrogen (secondary N) is 2. The zero-order valence-electron chi connectivity index (χ0n) is 18.2. The Bertz CT molecular complexity index is 1450. The van der Waals surface area contributed by atoms with Crippen LogP contribution in [0.1, 0.15) is 17.3 Å². The highest BCUT2D eigenvalue weighted by atomic mass is 127. The number of fused-ring (bicyclic) bond motifs is 1. The second-order valence-corrected chi connectivity index (χ2v) is 10.7. The molecule has 174 valence electrons. The molecule has 0 saturated heterocycles. The lowest BCUT2D eigenvalue weighted by atomic mass is 10.0. The number of aliphatic hydroxyl groups excluding tert-OH is 1. The topological polar surface area (TPSA) is 108 Å². The van der Waals surface area contributed by atoms with Crippen molar-refractivity contribution in [3.63, 3.8) is 0 Å². The summed E-state index contributed by atoms with van der Waals surface area (Å²) >= 11 is 2.25. The number of rotatable bonds is 7. The van der Waals surface area contributed by atoms with Crippen LogP contribution >= 0.6 is 22.6 Å². The van der Waals surface area contributed by atoms with Gasteiger partial charge in [-0.3, -0.25) is 9.78 Å². The van der Waals surface area contributed by atoms with Crippen LogP contribution in [0.5, 0.6) is 0 Å². The van der Waals surface area contributed by atoms with Crippen molar-refractivity contribution in [1.29, 1.82) is 0 Å². The molecule has 0 unspecified atom stereocenters. The lowest BCUT2D eigenvalue weighted by molar-refractivity contribution is 0.102. The summed E-state index contributed by atoms with van der Waals surface area (Å²) in [6.45, 7) is 1.40. The summed E-state index contributed by atoms with van der Waals surface area (Å²) < 4.78 is 27.9. The minimum Gasteiger partial charge on any atom is -0.392 e. The third-order valence-corrected chi connectivity index (χ3v) is 7.53. The quantitative estimate of drug-likeness (QED) is 0.278. The van der Waals surface area contributed by atoms with Crippen molar-refractivity contribution >= 4 is 55.0 Å². The number of nitrogens with zero attached hydrogens (tertiary/aromatic N) is 1. The Hall–Kier alpha value is -2.86. The number of anilines is 1. The van der Waals surface area contributed by atoms with Crippen molar-refractivity contribution in [2.45, 2.75) is 17.9 Å². The second kappa shape index (κ2) is 10.2. The van der Waals surface area contributed by atoms with Gasteiger partial charge in [0.15, 0.2) is 0 Å². The SMILES string of the molecule is C[C@@H](O)CNS(=O)(=O)c1ccc(C(=O)Nc2ccc(I)c(-c3nccc4ccccc34)c2)cc1. The van der Waals surface area contributed by atoms with Crippen molar-refractivity contribution in [2.24, 2.45) is 0 Å². The average molecular weight is 587 g/mol. The van der Waals surface area contributed by atoms with E-state index < -0.39 is 16.1 Å². The number of benzene rings is 3. The van der Waals surface area contributed by atoms with E-state index in [2.05, 4.69) is 37.6 Å². The minimum absolute atomic E-state index is 0.0169. The molecule has 1 amide bonds. The van der Waals surface area contributed by atoms with Crippen LogP contribution in [0.25, 0.3) is 22.0 Å². The molecule has 0 aliphatic heterocycles. The zero-order chi connectivity index (χ0) is 24.3. The lowest BCUT2D eigenvalue weighted by Crippen LogP contribution is -2.30. The lowest BCUT2D eigenvalue weighted by Gasteiger charge is -2.12. The number of aliphatic hydroxyl groups is 1. The molecule has 1 heterocycles. The zero-order valence-corrected chi connectivity index (χ0v) is 21.2. The highest BCUT2D eigenvalue weighted by molar-refractivity contribution is 14.1. The number of carbonyl (C=O) groups is 1. The van der Waals surface area contributed by atoms with Gasteiger partial charge in [-0.2, -0.15) is 0 Å². The number of hydrogen-bond donors (Lipinski definition) is 3. The molecule has 0 radical (unpaired) electrons. The standard InChI is InChI=1S/C25H22IN3O4S/c1-16(30)15-28-34(32,33)20-9-6-18(7-10-20)25(31)29-19-8-11-23(26)22(14-19)24-21-5-3-2-4-17(21)12-13-27-24/h2-14,16,28,30H,15H2,1H3,(H,29,31)/t16-/m1/s1. The molecule has 4 aromatic rings. The third-order valence-electron chi connectivity index (χ3n) is 5.15. The molecule has 1 aromatic heterocycles. The van der Waals surface area contributed by atoms with E-state index >= 15 is 0 Å². The predicted octanol–water partition coefficient (Wildman–Crippen LogP) is 4.42. The molecule has 1 atom stereocenters. The van der Waals surface area contributed by atoms with E-state index in [1.807, 2.05) is 48.5 Å². The number of halogens is 1. The third kappa shape index (κ3) is 5.44. The first-order chi connectivity index (χ1) is 16.2. The Morgan fingerprint density at radius 3 is 2.53 bits per heavy atom. The molecule has 34 heavy (non-hydrogen) atoms. The molecular weight excluding hydrogens is 565 g/mol. The van der Waals surface area contributed by atoms with E-state index in [-0.39, 0.29) is 17.3 Å². The van der Waals surface area contributed by atoms with Gasteiger partial charge in [0, 0.05) is 38.5 Å².